The van der Waals surface area contributed by atoms with Crippen molar-refractivity contribution in [2.24, 2.45) is 0 Å². The molecule has 0 bridgehead atoms. The first-order chi connectivity index (χ1) is 26.7. The van der Waals surface area contributed by atoms with E-state index in [9.17, 15) is 0 Å². The molecular formula is C49H36N4O. The summed E-state index contributed by atoms with van der Waals surface area (Å²) in [4.78, 5) is 15.4. The molecule has 0 radical (unpaired) electrons. The van der Waals surface area contributed by atoms with Crippen LogP contribution in [0.4, 0.5) is 0 Å². The van der Waals surface area contributed by atoms with Crippen LogP contribution in [-0.4, -0.2) is 19.5 Å². The van der Waals surface area contributed by atoms with Gasteiger partial charge in [-0.2, -0.15) is 9.97 Å². The number of hydrogen-bond donors (Lipinski definition) is 0. The largest absolute Gasteiger partial charge is 0.456 e. The van der Waals surface area contributed by atoms with Gasteiger partial charge in [-0.1, -0.05) is 141 Å². The molecule has 0 fully saturated rings. The van der Waals surface area contributed by atoms with Gasteiger partial charge in [-0.15, -0.1) is 0 Å². The van der Waals surface area contributed by atoms with E-state index >= 15 is 0 Å². The van der Waals surface area contributed by atoms with E-state index in [2.05, 4.69) is 145 Å². The number of fused-ring (bicyclic) bond motifs is 6. The van der Waals surface area contributed by atoms with E-state index in [-0.39, 0.29) is 0 Å². The van der Waals surface area contributed by atoms with E-state index in [0.29, 0.717) is 17.6 Å². The zero-order valence-corrected chi connectivity index (χ0v) is 29.9. The molecule has 0 aliphatic carbocycles. The molecule has 0 aliphatic heterocycles. The Balaban J connectivity index is 1.10. The van der Waals surface area contributed by atoms with E-state index in [0.717, 1.165) is 72.4 Å². The van der Waals surface area contributed by atoms with Gasteiger partial charge in [0.15, 0.2) is 11.6 Å². The quantitative estimate of drug-likeness (QED) is 0.159. The number of aromatic nitrogens is 4. The summed E-state index contributed by atoms with van der Waals surface area (Å²) < 4.78 is 8.42. The molecular weight excluding hydrogens is 661 g/mol. The highest BCUT2D eigenvalue weighted by molar-refractivity contribution is 6.11. The summed E-state index contributed by atoms with van der Waals surface area (Å²) in [5, 5.41) is 4.51. The Morgan fingerprint density at radius 3 is 1.89 bits per heavy atom. The third kappa shape index (κ3) is 5.62. The van der Waals surface area contributed by atoms with Crippen LogP contribution in [0.2, 0.25) is 0 Å². The molecule has 0 N–H and O–H groups in total. The van der Waals surface area contributed by atoms with Crippen LogP contribution in [0.25, 0.3) is 94.7 Å². The molecule has 0 saturated heterocycles. The molecule has 3 heterocycles. The van der Waals surface area contributed by atoms with Crippen LogP contribution in [-0.2, 0) is 6.42 Å². The lowest BCUT2D eigenvalue weighted by atomic mass is 9.99. The normalized spacial score (nSPS) is 11.6. The van der Waals surface area contributed by atoms with Gasteiger partial charge in [0.2, 0.25) is 5.95 Å². The molecule has 0 aliphatic rings. The molecule has 0 spiro atoms. The Morgan fingerprint density at radius 2 is 1.06 bits per heavy atom. The van der Waals surface area contributed by atoms with Gasteiger partial charge in [0.05, 0.1) is 11.0 Å². The van der Waals surface area contributed by atoms with Crippen LogP contribution in [0.1, 0.15) is 25.3 Å². The topological polar surface area (TPSA) is 56.7 Å². The van der Waals surface area contributed by atoms with Crippen LogP contribution < -0.4 is 0 Å². The average molecular weight is 697 g/mol. The monoisotopic (exact) mass is 696 g/mol. The van der Waals surface area contributed by atoms with Crippen molar-refractivity contribution >= 4 is 43.7 Å². The number of unbranched alkanes of at least 4 members (excludes halogenated alkanes) is 1. The minimum absolute atomic E-state index is 0.578. The van der Waals surface area contributed by atoms with Crippen LogP contribution in [0, 0.1) is 0 Å². The molecule has 10 rings (SSSR count). The van der Waals surface area contributed by atoms with Gasteiger partial charge < -0.3 is 4.42 Å². The molecule has 258 valence electrons. The van der Waals surface area contributed by atoms with Gasteiger partial charge in [-0.3, -0.25) is 4.57 Å². The number of rotatable bonds is 8. The minimum Gasteiger partial charge on any atom is -0.456 e. The SMILES string of the molecule is CCCCc1cccc(-c2ccc(-c3nc(-c4ccccc4)nc(-n4c5ccccc5c5cc(-c6ccc7c(c6)oc6ccccc67)ccc54)n3)cc2)c1. The van der Waals surface area contributed by atoms with Crippen molar-refractivity contribution in [3.63, 3.8) is 0 Å². The number of furan rings is 1. The van der Waals surface area contributed by atoms with Crippen LogP contribution >= 0.6 is 0 Å². The van der Waals surface area contributed by atoms with Gasteiger partial charge in [0, 0.05) is 32.7 Å². The molecule has 3 aromatic heterocycles. The molecule has 0 unspecified atom stereocenters. The maximum atomic E-state index is 6.25. The summed E-state index contributed by atoms with van der Waals surface area (Å²) in [6, 6.07) is 57.4. The van der Waals surface area contributed by atoms with Crippen molar-refractivity contribution in [1.82, 2.24) is 19.5 Å². The number of hydrogen-bond acceptors (Lipinski definition) is 4. The van der Waals surface area contributed by atoms with Crippen molar-refractivity contribution in [3.8, 4) is 51.0 Å². The Labute approximate surface area is 313 Å². The first kappa shape index (κ1) is 31.9. The van der Waals surface area contributed by atoms with E-state index in [1.165, 1.54) is 29.5 Å². The highest BCUT2D eigenvalue weighted by Crippen LogP contribution is 2.37. The molecule has 7 aromatic carbocycles. The fourth-order valence-electron chi connectivity index (χ4n) is 7.68. The first-order valence-corrected chi connectivity index (χ1v) is 18.7. The molecule has 0 saturated carbocycles. The van der Waals surface area contributed by atoms with Crippen LogP contribution in [0.3, 0.4) is 0 Å². The Bertz CT molecular complexity index is 2980. The molecule has 0 amide bonds. The summed E-state index contributed by atoms with van der Waals surface area (Å²) in [5.74, 6) is 1.84. The molecule has 0 atom stereocenters. The highest BCUT2D eigenvalue weighted by Gasteiger charge is 2.19. The lowest BCUT2D eigenvalue weighted by molar-refractivity contribution is 0.669. The maximum Gasteiger partial charge on any atom is 0.238 e. The van der Waals surface area contributed by atoms with E-state index < -0.39 is 0 Å². The lowest BCUT2D eigenvalue weighted by Gasteiger charge is -2.11. The maximum absolute atomic E-state index is 6.25. The third-order valence-corrected chi connectivity index (χ3v) is 10.5. The summed E-state index contributed by atoms with van der Waals surface area (Å²) >= 11 is 0. The Kier molecular flexibility index (Phi) is 7.84. The second-order valence-corrected chi connectivity index (χ2v) is 13.9. The highest BCUT2D eigenvalue weighted by atomic mass is 16.3. The van der Waals surface area contributed by atoms with E-state index in [1.54, 1.807) is 0 Å². The van der Waals surface area contributed by atoms with Gasteiger partial charge in [0.1, 0.15) is 11.2 Å². The van der Waals surface area contributed by atoms with E-state index in [1.807, 2.05) is 30.3 Å². The summed E-state index contributed by atoms with van der Waals surface area (Å²) in [6.45, 7) is 2.24. The summed E-state index contributed by atoms with van der Waals surface area (Å²) in [6.07, 6.45) is 3.48. The zero-order valence-electron chi connectivity index (χ0n) is 29.9. The first-order valence-electron chi connectivity index (χ1n) is 18.7. The smallest absolute Gasteiger partial charge is 0.238 e. The van der Waals surface area contributed by atoms with Gasteiger partial charge in [0.25, 0.3) is 0 Å². The Hall–Kier alpha value is -6.85. The summed E-state index contributed by atoms with van der Waals surface area (Å²) in [7, 11) is 0. The van der Waals surface area contributed by atoms with Crippen LogP contribution in [0.15, 0.2) is 168 Å². The average Bonchev–Trinajstić information content (AvgIpc) is 3.78. The predicted molar refractivity (Wildman–Crippen MR) is 222 cm³/mol. The predicted octanol–water partition coefficient (Wildman–Crippen LogP) is 12.9. The Morgan fingerprint density at radius 1 is 0.444 bits per heavy atom. The van der Waals surface area contributed by atoms with Crippen molar-refractivity contribution in [1.29, 1.82) is 0 Å². The number of aryl methyl sites for hydroxylation is 1. The zero-order chi connectivity index (χ0) is 36.0. The van der Waals surface area contributed by atoms with Crippen LogP contribution in [0.5, 0.6) is 0 Å². The fourth-order valence-corrected chi connectivity index (χ4v) is 7.68. The molecule has 10 aromatic rings. The van der Waals surface area contributed by atoms with Crippen molar-refractivity contribution in [2.45, 2.75) is 26.2 Å². The second-order valence-electron chi connectivity index (χ2n) is 13.9. The van der Waals surface area contributed by atoms with Crippen molar-refractivity contribution < 1.29 is 4.42 Å². The molecule has 54 heavy (non-hydrogen) atoms. The number of para-hydroxylation sites is 2. The van der Waals surface area contributed by atoms with Crippen molar-refractivity contribution in [2.75, 3.05) is 0 Å². The second kappa shape index (κ2) is 13.3. The standard InChI is InChI=1S/C49H36N4O/c1-2-3-12-32-13-11-16-36(29-32)33-21-23-35(24-22-33)48-50-47(34-14-5-4-6-15-34)51-49(52-48)53-43-19-9-7-17-39(43)42-30-37(26-28-44(42)53)38-25-27-41-40-18-8-10-20-45(40)54-46(41)31-38/h4-11,13-31H,2-3,12H2,1H3. The molecule has 5 heteroatoms. The van der Waals surface area contributed by atoms with Gasteiger partial charge in [-0.05, 0) is 77.1 Å². The third-order valence-electron chi connectivity index (χ3n) is 10.5. The number of benzene rings is 7. The fraction of sp³-hybridized carbons (Fsp3) is 0.0816. The number of nitrogens with zero attached hydrogens (tertiary/aromatic N) is 4. The summed E-state index contributed by atoms with van der Waals surface area (Å²) in [5.41, 5.74) is 11.7. The lowest BCUT2D eigenvalue weighted by Crippen LogP contribution is -2.06. The molecule has 5 nitrogen and oxygen atoms in total. The minimum atomic E-state index is 0.578. The van der Waals surface area contributed by atoms with Gasteiger partial charge in [-0.25, -0.2) is 4.98 Å². The van der Waals surface area contributed by atoms with E-state index in [4.69, 9.17) is 19.4 Å². The van der Waals surface area contributed by atoms with Gasteiger partial charge >= 0.3 is 0 Å². The van der Waals surface area contributed by atoms with Crippen molar-refractivity contribution in [3.05, 3.63) is 169 Å².